The molecule has 174 valence electrons. The van der Waals surface area contributed by atoms with Crippen LogP contribution in [0.3, 0.4) is 0 Å². The second-order valence-electron chi connectivity index (χ2n) is 7.11. The number of methoxy groups -OCH3 is 2. The fourth-order valence-electron chi connectivity index (χ4n) is 3.26. The van der Waals surface area contributed by atoms with Gasteiger partial charge in [0, 0.05) is 20.6 Å². The third kappa shape index (κ3) is 5.67. The summed E-state index contributed by atoms with van der Waals surface area (Å²) < 4.78 is 15.5. The first-order valence-electron chi connectivity index (χ1n) is 10.3. The molecule has 0 fully saturated rings. The Morgan fingerprint density at radius 1 is 0.912 bits per heavy atom. The van der Waals surface area contributed by atoms with Crippen LogP contribution in [0.25, 0.3) is 10.8 Å². The van der Waals surface area contributed by atoms with Gasteiger partial charge in [-0.25, -0.2) is 4.98 Å². The van der Waals surface area contributed by atoms with Gasteiger partial charge in [-0.3, -0.25) is 9.10 Å². The normalized spacial score (nSPS) is 10.6. The van der Waals surface area contributed by atoms with E-state index in [9.17, 15) is 9.90 Å². The number of carbonyl (C=O) groups is 1. The Kier molecular flexibility index (Phi) is 7.66. The highest BCUT2D eigenvalue weighted by Crippen LogP contribution is 2.37. The van der Waals surface area contributed by atoms with E-state index in [-0.39, 0.29) is 6.54 Å². The molecule has 2 N–H and O–H groups in total. The van der Waals surface area contributed by atoms with Crippen molar-refractivity contribution in [2.75, 3.05) is 29.8 Å². The highest BCUT2D eigenvalue weighted by atomic mass is 32.2. The summed E-state index contributed by atoms with van der Waals surface area (Å²) in [5, 5.41) is 11.4. The van der Waals surface area contributed by atoms with Crippen LogP contribution in [0.15, 0.2) is 88.8 Å². The summed E-state index contributed by atoms with van der Waals surface area (Å²) in [5.74, 6) is 1.31. The van der Waals surface area contributed by atoms with E-state index >= 15 is 0 Å². The molecule has 1 heterocycles. The monoisotopic (exact) mass is 493 g/mol. The van der Waals surface area contributed by atoms with E-state index in [1.807, 2.05) is 72.8 Å². The number of ether oxygens (including phenoxy) is 2. The summed E-state index contributed by atoms with van der Waals surface area (Å²) in [6, 6.07) is 23.0. The molecule has 0 aliphatic rings. The van der Waals surface area contributed by atoms with E-state index in [4.69, 9.17) is 9.47 Å². The van der Waals surface area contributed by atoms with Gasteiger partial charge in [-0.15, -0.1) is 0 Å². The van der Waals surface area contributed by atoms with Crippen LogP contribution in [0.4, 0.5) is 11.5 Å². The zero-order chi connectivity index (χ0) is 23.9. The number of hydrogen-bond acceptors (Lipinski definition) is 8. The van der Waals surface area contributed by atoms with Gasteiger partial charge < -0.3 is 19.3 Å². The zero-order valence-corrected chi connectivity index (χ0v) is 20.2. The maximum atomic E-state index is 11.7. The Bertz CT molecular complexity index is 1270. The van der Waals surface area contributed by atoms with Gasteiger partial charge in [0.1, 0.15) is 23.9 Å². The van der Waals surface area contributed by atoms with Crippen molar-refractivity contribution in [3.05, 3.63) is 79.0 Å². The van der Waals surface area contributed by atoms with Gasteiger partial charge in [-0.05, 0) is 72.4 Å². The fourth-order valence-corrected chi connectivity index (χ4v) is 4.84. The number of aliphatic carboxylic acids is 1. The average molecular weight is 494 g/mol. The Balaban J connectivity index is 1.62. The number of pyridine rings is 1. The predicted molar refractivity (Wildman–Crippen MR) is 138 cm³/mol. The number of carboxylic acid groups (broad SMARTS) is 1. The molecule has 0 amide bonds. The van der Waals surface area contributed by atoms with Gasteiger partial charge in [0.05, 0.1) is 26.1 Å². The highest BCUT2D eigenvalue weighted by Gasteiger charge is 2.18. The second kappa shape index (κ2) is 11.0. The SMILES string of the molecule is COc1ccc(SNc2ncc(N(CC(=O)O)Sc3ccc(OC)cc3)c3ccccc23)cc1. The molecule has 0 unspecified atom stereocenters. The number of carboxylic acids is 1. The minimum absolute atomic E-state index is 0.185. The van der Waals surface area contributed by atoms with Crippen molar-refractivity contribution < 1.29 is 19.4 Å². The van der Waals surface area contributed by atoms with Gasteiger partial charge in [0.25, 0.3) is 0 Å². The van der Waals surface area contributed by atoms with Crippen LogP contribution < -0.4 is 18.5 Å². The lowest BCUT2D eigenvalue weighted by atomic mass is 10.1. The van der Waals surface area contributed by atoms with Gasteiger partial charge in [0.15, 0.2) is 0 Å². The molecule has 34 heavy (non-hydrogen) atoms. The Hall–Kier alpha value is -3.56. The molecular weight excluding hydrogens is 470 g/mol. The first-order valence-corrected chi connectivity index (χ1v) is 11.9. The molecule has 0 aliphatic heterocycles. The van der Waals surface area contributed by atoms with E-state index in [1.165, 1.54) is 23.9 Å². The van der Waals surface area contributed by atoms with Crippen molar-refractivity contribution in [3.8, 4) is 11.5 Å². The maximum Gasteiger partial charge on any atom is 0.324 e. The van der Waals surface area contributed by atoms with Gasteiger partial charge >= 0.3 is 5.97 Å². The molecule has 0 spiro atoms. The third-order valence-corrected chi connectivity index (χ3v) is 6.75. The molecule has 0 saturated carbocycles. The maximum absolute atomic E-state index is 11.7. The molecular formula is C25H23N3O4S2. The van der Waals surface area contributed by atoms with Crippen LogP contribution in [-0.2, 0) is 4.79 Å². The van der Waals surface area contributed by atoms with Crippen LogP contribution in [0.1, 0.15) is 0 Å². The molecule has 0 bridgehead atoms. The van der Waals surface area contributed by atoms with Crippen molar-refractivity contribution in [1.82, 2.24) is 4.98 Å². The molecule has 0 atom stereocenters. The lowest BCUT2D eigenvalue weighted by molar-refractivity contribution is -0.135. The molecule has 0 saturated heterocycles. The smallest absolute Gasteiger partial charge is 0.324 e. The van der Waals surface area contributed by atoms with Gasteiger partial charge in [-0.2, -0.15) is 0 Å². The van der Waals surface area contributed by atoms with E-state index in [0.717, 1.165) is 37.7 Å². The predicted octanol–water partition coefficient (Wildman–Crippen LogP) is 5.97. The number of benzene rings is 3. The summed E-state index contributed by atoms with van der Waals surface area (Å²) in [4.78, 5) is 18.2. The van der Waals surface area contributed by atoms with Crippen molar-refractivity contribution in [3.63, 3.8) is 0 Å². The standard InChI is InChI=1S/C25H23N3O4S2/c1-31-17-7-11-19(12-8-17)33-27-25-22-6-4-3-5-21(22)23(15-26-25)28(16-24(29)30)34-20-13-9-18(32-2)10-14-20/h3-15H,16H2,1-2H3,(H,26,27)(H,29,30). The number of hydrogen-bond donors (Lipinski definition) is 2. The molecule has 3 aromatic carbocycles. The van der Waals surface area contributed by atoms with E-state index in [1.54, 1.807) is 24.7 Å². The van der Waals surface area contributed by atoms with Crippen molar-refractivity contribution in [2.45, 2.75) is 9.79 Å². The lowest BCUT2D eigenvalue weighted by Gasteiger charge is -2.23. The van der Waals surface area contributed by atoms with Crippen LogP contribution in [0.2, 0.25) is 0 Å². The van der Waals surface area contributed by atoms with Gasteiger partial charge in [-0.1, -0.05) is 24.3 Å². The van der Waals surface area contributed by atoms with Gasteiger partial charge in [0.2, 0.25) is 0 Å². The fraction of sp³-hybridized carbons (Fsp3) is 0.120. The van der Waals surface area contributed by atoms with Crippen LogP contribution in [0, 0.1) is 0 Å². The van der Waals surface area contributed by atoms with Crippen molar-refractivity contribution in [1.29, 1.82) is 0 Å². The summed E-state index contributed by atoms with van der Waals surface area (Å²) in [6.45, 7) is -0.185. The Labute approximate surface area is 206 Å². The molecule has 1 aromatic heterocycles. The summed E-state index contributed by atoms with van der Waals surface area (Å²) in [7, 11) is 3.25. The average Bonchev–Trinajstić information content (AvgIpc) is 2.87. The van der Waals surface area contributed by atoms with Crippen molar-refractivity contribution >= 4 is 52.1 Å². The molecule has 9 heteroatoms. The van der Waals surface area contributed by atoms with E-state index in [0.29, 0.717) is 5.82 Å². The van der Waals surface area contributed by atoms with Crippen LogP contribution >= 0.6 is 23.9 Å². The third-order valence-electron chi connectivity index (χ3n) is 4.92. The topological polar surface area (TPSA) is 83.9 Å². The number of rotatable bonds is 10. The largest absolute Gasteiger partial charge is 0.497 e. The number of fused-ring (bicyclic) bond motifs is 1. The van der Waals surface area contributed by atoms with E-state index in [2.05, 4.69) is 9.71 Å². The number of nitrogens with zero attached hydrogens (tertiary/aromatic N) is 2. The van der Waals surface area contributed by atoms with Crippen LogP contribution in [-0.4, -0.2) is 36.8 Å². The summed E-state index contributed by atoms with van der Waals surface area (Å²) in [6.07, 6.45) is 1.71. The second-order valence-corrected chi connectivity index (χ2v) is 9.09. The summed E-state index contributed by atoms with van der Waals surface area (Å²) >= 11 is 2.79. The molecule has 4 rings (SSSR count). The Morgan fingerprint density at radius 3 is 2.09 bits per heavy atom. The number of aromatic nitrogens is 1. The van der Waals surface area contributed by atoms with Crippen molar-refractivity contribution in [2.24, 2.45) is 0 Å². The molecule has 0 aliphatic carbocycles. The number of nitrogens with one attached hydrogen (secondary N) is 1. The molecule has 7 nitrogen and oxygen atoms in total. The summed E-state index contributed by atoms with van der Waals surface area (Å²) in [5.41, 5.74) is 0.721. The first-order chi connectivity index (χ1) is 16.6. The Morgan fingerprint density at radius 2 is 1.50 bits per heavy atom. The number of anilines is 2. The lowest BCUT2D eigenvalue weighted by Crippen LogP contribution is -2.23. The quantitative estimate of drug-likeness (QED) is 0.260. The zero-order valence-electron chi connectivity index (χ0n) is 18.6. The molecule has 0 radical (unpaired) electrons. The minimum atomic E-state index is -0.928. The highest BCUT2D eigenvalue weighted by molar-refractivity contribution is 8.01. The van der Waals surface area contributed by atoms with Crippen LogP contribution in [0.5, 0.6) is 11.5 Å². The molecule has 4 aromatic rings. The first kappa shape index (κ1) is 23.6. The van der Waals surface area contributed by atoms with E-state index < -0.39 is 5.97 Å². The minimum Gasteiger partial charge on any atom is -0.497 e.